The highest BCUT2D eigenvalue weighted by Gasteiger charge is 2.19. The number of anilines is 2. The van der Waals surface area contributed by atoms with Crippen molar-refractivity contribution in [3.63, 3.8) is 0 Å². The van der Waals surface area contributed by atoms with E-state index in [-0.39, 0.29) is 5.41 Å². The van der Waals surface area contributed by atoms with E-state index in [1.165, 1.54) is 22.4 Å². The summed E-state index contributed by atoms with van der Waals surface area (Å²) in [4.78, 5) is 0. The van der Waals surface area contributed by atoms with Crippen molar-refractivity contribution in [3.8, 4) is 0 Å². The second-order valence-electron chi connectivity index (χ2n) is 8.60. The molecule has 0 fully saturated rings. The fourth-order valence-corrected chi connectivity index (χ4v) is 4.57. The summed E-state index contributed by atoms with van der Waals surface area (Å²) in [6, 6.07) is 12.7. The highest BCUT2D eigenvalue weighted by Crippen LogP contribution is 2.35. The minimum Gasteiger partial charge on any atom is -0.378 e. The minimum absolute atomic E-state index is 0.104. The fourth-order valence-electron chi connectivity index (χ4n) is 3.14. The van der Waals surface area contributed by atoms with Crippen LogP contribution in [0.3, 0.4) is 0 Å². The largest absolute Gasteiger partial charge is 0.378 e. The molecule has 6 nitrogen and oxygen atoms in total. The van der Waals surface area contributed by atoms with Gasteiger partial charge in [-0.15, -0.1) is 43.1 Å². The summed E-state index contributed by atoms with van der Waals surface area (Å²) < 4.78 is 1.08. The Morgan fingerprint density at radius 2 is 1.52 bits per heavy atom. The zero-order valence-corrected chi connectivity index (χ0v) is 22.7. The highest BCUT2D eigenvalue weighted by molar-refractivity contribution is 9.10. The van der Waals surface area contributed by atoms with Crippen molar-refractivity contribution < 1.29 is 0 Å². The van der Waals surface area contributed by atoms with Crippen LogP contribution in [0.2, 0.25) is 0 Å². The number of nitrogens with zero attached hydrogens (tertiary/aromatic N) is 4. The SMILES string of the molecule is CC(C)(C)c1cccc(Br)c1NCc1nncs1.Cc1ccc(C)c(NCc2nncs2)c1. The van der Waals surface area contributed by atoms with Gasteiger partial charge >= 0.3 is 0 Å². The van der Waals surface area contributed by atoms with Gasteiger partial charge in [0.2, 0.25) is 0 Å². The number of para-hydroxylation sites is 1. The molecule has 0 spiro atoms. The van der Waals surface area contributed by atoms with E-state index in [1.54, 1.807) is 33.7 Å². The first-order valence-corrected chi connectivity index (χ1v) is 13.1. The van der Waals surface area contributed by atoms with Gasteiger partial charge in [-0.2, -0.15) is 0 Å². The van der Waals surface area contributed by atoms with Crippen LogP contribution in [-0.2, 0) is 18.5 Å². The van der Waals surface area contributed by atoms with Crippen LogP contribution in [0.5, 0.6) is 0 Å². The highest BCUT2D eigenvalue weighted by atomic mass is 79.9. The molecule has 0 amide bonds. The second-order valence-corrected chi connectivity index (χ2v) is 11.3. The van der Waals surface area contributed by atoms with E-state index >= 15 is 0 Å². The Labute approximate surface area is 212 Å². The maximum Gasteiger partial charge on any atom is 0.136 e. The van der Waals surface area contributed by atoms with E-state index in [9.17, 15) is 0 Å². The smallest absolute Gasteiger partial charge is 0.136 e. The third-order valence-electron chi connectivity index (χ3n) is 4.87. The Kier molecular flexibility index (Phi) is 8.94. The number of hydrogen-bond acceptors (Lipinski definition) is 8. The topological polar surface area (TPSA) is 75.6 Å². The average molecular weight is 546 g/mol. The maximum atomic E-state index is 4.04. The summed E-state index contributed by atoms with van der Waals surface area (Å²) in [5, 5.41) is 24.5. The van der Waals surface area contributed by atoms with Crippen molar-refractivity contribution in [1.29, 1.82) is 0 Å². The van der Waals surface area contributed by atoms with Gasteiger partial charge in [-0.3, -0.25) is 0 Å². The lowest BCUT2D eigenvalue weighted by atomic mass is 9.86. The molecule has 0 saturated carbocycles. The monoisotopic (exact) mass is 544 g/mol. The summed E-state index contributed by atoms with van der Waals surface area (Å²) in [5.41, 5.74) is 9.73. The Morgan fingerprint density at radius 3 is 2.09 bits per heavy atom. The summed E-state index contributed by atoms with van der Waals surface area (Å²) in [5.74, 6) is 0. The van der Waals surface area contributed by atoms with Crippen LogP contribution < -0.4 is 10.6 Å². The van der Waals surface area contributed by atoms with Gasteiger partial charge in [0.1, 0.15) is 21.0 Å². The maximum absolute atomic E-state index is 4.04. The van der Waals surface area contributed by atoms with Crippen molar-refractivity contribution in [2.45, 2.75) is 53.1 Å². The van der Waals surface area contributed by atoms with Gasteiger partial charge < -0.3 is 10.6 Å². The normalized spacial score (nSPS) is 11.0. The molecule has 0 atom stereocenters. The van der Waals surface area contributed by atoms with E-state index in [0.29, 0.717) is 6.54 Å². The first-order valence-electron chi connectivity index (χ1n) is 10.6. The van der Waals surface area contributed by atoms with Gasteiger partial charge in [-0.1, -0.05) is 45.0 Å². The molecule has 9 heteroatoms. The third-order valence-corrected chi connectivity index (χ3v) is 6.93. The summed E-state index contributed by atoms with van der Waals surface area (Å²) in [6.07, 6.45) is 0. The summed E-state index contributed by atoms with van der Waals surface area (Å²) >= 11 is 6.74. The number of rotatable bonds is 6. The van der Waals surface area contributed by atoms with Gasteiger partial charge in [-0.25, -0.2) is 0 Å². The van der Waals surface area contributed by atoms with E-state index in [0.717, 1.165) is 26.7 Å². The Bertz CT molecular complexity index is 1140. The van der Waals surface area contributed by atoms with Gasteiger partial charge in [-0.05, 0) is 64.0 Å². The second kappa shape index (κ2) is 11.7. The van der Waals surface area contributed by atoms with Crippen molar-refractivity contribution in [3.05, 3.63) is 78.6 Å². The first-order chi connectivity index (χ1) is 15.7. The summed E-state index contributed by atoms with van der Waals surface area (Å²) in [7, 11) is 0. The predicted octanol–water partition coefficient (Wildman–Crippen LogP) is 6.98. The lowest BCUT2D eigenvalue weighted by molar-refractivity contribution is 0.591. The van der Waals surface area contributed by atoms with E-state index in [2.05, 4.69) is 118 Å². The number of nitrogens with one attached hydrogen (secondary N) is 2. The molecule has 0 aliphatic heterocycles. The number of aryl methyl sites for hydroxylation is 2. The van der Waals surface area contributed by atoms with Crippen LogP contribution in [0.15, 0.2) is 51.9 Å². The quantitative estimate of drug-likeness (QED) is 0.272. The zero-order valence-electron chi connectivity index (χ0n) is 19.5. The molecule has 4 aromatic rings. The molecular weight excluding hydrogens is 516 g/mol. The average Bonchev–Trinajstić information content (AvgIpc) is 3.47. The van der Waals surface area contributed by atoms with Crippen molar-refractivity contribution in [2.75, 3.05) is 10.6 Å². The van der Waals surface area contributed by atoms with Crippen LogP contribution in [0.4, 0.5) is 11.4 Å². The summed E-state index contributed by atoms with van der Waals surface area (Å²) in [6.45, 7) is 12.3. The van der Waals surface area contributed by atoms with Gasteiger partial charge in [0.05, 0.1) is 18.8 Å². The molecule has 0 radical (unpaired) electrons. The molecule has 4 rings (SSSR count). The molecule has 0 unspecified atom stereocenters. The molecule has 0 bridgehead atoms. The molecular formula is C24H29BrN6S2. The predicted molar refractivity (Wildman–Crippen MR) is 143 cm³/mol. The lowest BCUT2D eigenvalue weighted by Crippen LogP contribution is -2.15. The fraction of sp³-hybridized carbons (Fsp3) is 0.333. The first kappa shape index (κ1) is 25.3. The minimum atomic E-state index is 0.104. The van der Waals surface area contributed by atoms with Crippen molar-refractivity contribution in [2.24, 2.45) is 0 Å². The van der Waals surface area contributed by atoms with Crippen molar-refractivity contribution in [1.82, 2.24) is 20.4 Å². The van der Waals surface area contributed by atoms with Crippen LogP contribution in [0.25, 0.3) is 0 Å². The number of aromatic nitrogens is 4. The Balaban J connectivity index is 0.000000189. The van der Waals surface area contributed by atoms with E-state index in [1.807, 2.05) is 0 Å². The Hall–Kier alpha value is -2.36. The van der Waals surface area contributed by atoms with E-state index in [4.69, 9.17) is 0 Å². The van der Waals surface area contributed by atoms with Crippen LogP contribution in [-0.4, -0.2) is 20.4 Å². The third kappa shape index (κ3) is 7.58. The molecule has 2 N–H and O–H groups in total. The molecule has 2 aromatic carbocycles. The van der Waals surface area contributed by atoms with Crippen molar-refractivity contribution >= 4 is 50.0 Å². The molecule has 2 aromatic heterocycles. The van der Waals surface area contributed by atoms with Gasteiger partial charge in [0.25, 0.3) is 0 Å². The standard InChI is InChI=1S/C13H16BrN3S.C11H13N3S/c1-13(2,3)9-5-4-6-10(14)12(9)15-7-11-17-16-8-18-11;1-8-3-4-9(2)10(5-8)12-6-11-14-13-7-15-11/h4-6,8,15H,7H2,1-3H3;3-5,7,12H,6H2,1-2H3. The lowest BCUT2D eigenvalue weighted by Gasteiger charge is -2.24. The van der Waals surface area contributed by atoms with E-state index < -0.39 is 0 Å². The molecule has 0 aliphatic rings. The van der Waals surface area contributed by atoms with Gasteiger partial charge in [0.15, 0.2) is 0 Å². The van der Waals surface area contributed by atoms with Crippen LogP contribution in [0.1, 0.15) is 47.5 Å². The van der Waals surface area contributed by atoms with Crippen LogP contribution in [0, 0.1) is 13.8 Å². The molecule has 174 valence electrons. The van der Waals surface area contributed by atoms with Crippen LogP contribution >= 0.6 is 38.6 Å². The zero-order chi connectivity index (χ0) is 23.8. The molecule has 2 heterocycles. The number of hydrogen-bond donors (Lipinski definition) is 2. The van der Waals surface area contributed by atoms with Gasteiger partial charge in [0, 0.05) is 10.2 Å². The molecule has 0 aliphatic carbocycles. The number of benzene rings is 2. The molecule has 0 saturated heterocycles. The Morgan fingerprint density at radius 1 is 0.879 bits per heavy atom. The number of halogens is 1. The molecule has 33 heavy (non-hydrogen) atoms.